The fourth-order valence-electron chi connectivity index (χ4n) is 2.12. The van der Waals surface area contributed by atoms with Crippen LogP contribution in [0, 0.1) is 6.92 Å². The summed E-state index contributed by atoms with van der Waals surface area (Å²) in [5, 5.41) is 0. The molecule has 0 N–H and O–H groups in total. The van der Waals surface area contributed by atoms with E-state index >= 15 is 0 Å². The van der Waals surface area contributed by atoms with Crippen molar-refractivity contribution in [3.8, 4) is 0 Å². The van der Waals surface area contributed by atoms with Crippen LogP contribution in [0.2, 0.25) is 0 Å². The summed E-state index contributed by atoms with van der Waals surface area (Å²) in [6.07, 6.45) is 3.51. The zero-order valence-electron chi connectivity index (χ0n) is 9.28. The summed E-state index contributed by atoms with van der Waals surface area (Å²) in [6, 6.07) is 4.55. The molecule has 1 aromatic carbocycles. The quantitative estimate of drug-likeness (QED) is 0.667. The Morgan fingerprint density at radius 2 is 1.43 bits per heavy atom. The van der Waals surface area contributed by atoms with Crippen LogP contribution < -0.4 is 0 Å². The van der Waals surface area contributed by atoms with E-state index < -0.39 is 0 Å². The highest BCUT2D eigenvalue weighted by Crippen LogP contribution is 2.20. The Hall–Kier alpha value is -0.248. The Morgan fingerprint density at radius 3 is 1.86 bits per heavy atom. The monoisotopic (exact) mass is 206 g/mol. The molecule has 1 aromatic rings. The average Bonchev–Trinajstić information content (AvgIpc) is 2.17. The van der Waals surface area contributed by atoms with E-state index in [1.54, 1.807) is 11.1 Å². The molecule has 0 aromatic heterocycles. The van der Waals surface area contributed by atoms with Crippen LogP contribution in [0.25, 0.3) is 0 Å². The van der Waals surface area contributed by atoms with Crippen molar-refractivity contribution in [1.29, 1.82) is 0 Å². The standard InChI is InChI=1S/C13H20.Al.3H/c1-5-11-9-8-10(4)12(6-2)13(11)7-3;;;;/h8-9H,5-7H2,1-4H3;;;;. The van der Waals surface area contributed by atoms with E-state index in [4.69, 9.17) is 0 Å². The van der Waals surface area contributed by atoms with Crippen LogP contribution in [-0.4, -0.2) is 17.4 Å². The van der Waals surface area contributed by atoms with E-state index in [9.17, 15) is 0 Å². The summed E-state index contributed by atoms with van der Waals surface area (Å²) in [6.45, 7) is 8.97. The normalized spacial score (nSPS) is 9.71. The summed E-state index contributed by atoms with van der Waals surface area (Å²) >= 11 is 0. The van der Waals surface area contributed by atoms with Crippen LogP contribution >= 0.6 is 0 Å². The molecule has 0 amide bonds. The van der Waals surface area contributed by atoms with Gasteiger partial charge in [-0.05, 0) is 48.4 Å². The maximum absolute atomic E-state index is 2.29. The Balaban J connectivity index is 0.00000169. The third-order valence-electron chi connectivity index (χ3n) is 2.85. The van der Waals surface area contributed by atoms with Gasteiger partial charge in [-0.25, -0.2) is 0 Å². The van der Waals surface area contributed by atoms with Gasteiger partial charge in [-0.3, -0.25) is 0 Å². The minimum atomic E-state index is 0. The number of hydrogen-bond acceptors (Lipinski definition) is 0. The van der Waals surface area contributed by atoms with Gasteiger partial charge in [0, 0.05) is 0 Å². The molecule has 0 aliphatic rings. The minimum Gasteiger partial charge on any atom is -0.0613 e. The highest BCUT2D eigenvalue weighted by atomic mass is 27.0. The highest BCUT2D eigenvalue weighted by Gasteiger charge is 2.06. The van der Waals surface area contributed by atoms with Gasteiger partial charge in [0.15, 0.2) is 17.4 Å². The molecule has 0 atom stereocenters. The fraction of sp³-hybridized carbons (Fsp3) is 0.538. The molecule has 0 fully saturated rings. The van der Waals surface area contributed by atoms with Crippen LogP contribution in [0.5, 0.6) is 0 Å². The van der Waals surface area contributed by atoms with Crippen molar-refractivity contribution in [3.63, 3.8) is 0 Å². The van der Waals surface area contributed by atoms with Gasteiger partial charge < -0.3 is 0 Å². The van der Waals surface area contributed by atoms with E-state index in [0.717, 1.165) is 6.42 Å². The third kappa shape index (κ3) is 2.62. The summed E-state index contributed by atoms with van der Waals surface area (Å²) in [5.41, 5.74) is 6.15. The Bertz CT molecular complexity index is 290. The smallest absolute Gasteiger partial charge is 0.0613 e. The van der Waals surface area contributed by atoms with Crippen LogP contribution in [0.3, 0.4) is 0 Å². The minimum absolute atomic E-state index is 0. The lowest BCUT2D eigenvalue weighted by Crippen LogP contribution is -1.99. The van der Waals surface area contributed by atoms with Crippen LogP contribution in [0.4, 0.5) is 0 Å². The molecule has 1 heteroatoms. The first-order chi connectivity index (χ1) is 6.24. The predicted octanol–water partition coefficient (Wildman–Crippen LogP) is 2.50. The largest absolute Gasteiger partial charge is 0.187 e. The second-order valence-corrected chi connectivity index (χ2v) is 3.56. The van der Waals surface area contributed by atoms with Gasteiger partial charge in [0.1, 0.15) is 0 Å². The number of rotatable bonds is 3. The molecule has 0 aliphatic carbocycles. The lowest BCUT2D eigenvalue weighted by atomic mass is 9.92. The molecule has 14 heavy (non-hydrogen) atoms. The van der Waals surface area contributed by atoms with Gasteiger partial charge in [-0.2, -0.15) is 0 Å². The molecule has 0 saturated heterocycles. The molecular formula is C13H23Al. The van der Waals surface area contributed by atoms with E-state index in [-0.39, 0.29) is 17.4 Å². The Morgan fingerprint density at radius 1 is 0.857 bits per heavy atom. The molecule has 0 bridgehead atoms. The van der Waals surface area contributed by atoms with Gasteiger partial charge in [-0.1, -0.05) is 32.9 Å². The van der Waals surface area contributed by atoms with Crippen molar-refractivity contribution in [2.45, 2.75) is 47.0 Å². The zero-order chi connectivity index (χ0) is 9.84. The van der Waals surface area contributed by atoms with Crippen molar-refractivity contribution in [2.24, 2.45) is 0 Å². The van der Waals surface area contributed by atoms with Gasteiger partial charge in [0.05, 0.1) is 0 Å². The molecule has 0 heterocycles. The average molecular weight is 206 g/mol. The fourth-order valence-corrected chi connectivity index (χ4v) is 2.12. The molecule has 0 nitrogen and oxygen atoms in total. The van der Waals surface area contributed by atoms with Crippen molar-refractivity contribution in [3.05, 3.63) is 34.4 Å². The summed E-state index contributed by atoms with van der Waals surface area (Å²) < 4.78 is 0. The molecule has 0 aliphatic heterocycles. The van der Waals surface area contributed by atoms with Gasteiger partial charge in [0.25, 0.3) is 0 Å². The van der Waals surface area contributed by atoms with E-state index in [2.05, 4.69) is 39.8 Å². The molecule has 0 spiro atoms. The predicted molar refractivity (Wildman–Crippen MR) is 69.3 cm³/mol. The zero-order valence-corrected chi connectivity index (χ0v) is 9.28. The van der Waals surface area contributed by atoms with E-state index in [0.29, 0.717) is 0 Å². The molecular weight excluding hydrogens is 183 g/mol. The van der Waals surface area contributed by atoms with Crippen LogP contribution in [-0.2, 0) is 19.3 Å². The molecule has 1 rings (SSSR count). The van der Waals surface area contributed by atoms with Crippen molar-refractivity contribution in [1.82, 2.24) is 0 Å². The second-order valence-electron chi connectivity index (χ2n) is 3.56. The third-order valence-corrected chi connectivity index (χ3v) is 2.85. The van der Waals surface area contributed by atoms with E-state index in [1.165, 1.54) is 24.0 Å². The molecule has 0 radical (unpaired) electrons. The second kappa shape index (κ2) is 6.28. The van der Waals surface area contributed by atoms with E-state index in [1.807, 2.05) is 0 Å². The molecule has 0 unspecified atom stereocenters. The van der Waals surface area contributed by atoms with Crippen molar-refractivity contribution < 1.29 is 0 Å². The van der Waals surface area contributed by atoms with Gasteiger partial charge >= 0.3 is 0 Å². The first kappa shape index (κ1) is 13.8. The maximum Gasteiger partial charge on any atom is 0.187 e. The van der Waals surface area contributed by atoms with Crippen LogP contribution in [0.1, 0.15) is 43.0 Å². The number of aryl methyl sites for hydroxylation is 2. The molecule has 78 valence electrons. The summed E-state index contributed by atoms with van der Waals surface area (Å²) in [5.74, 6) is 0. The number of hydrogen-bond donors (Lipinski definition) is 0. The number of benzene rings is 1. The first-order valence-electron chi connectivity index (χ1n) is 5.34. The van der Waals surface area contributed by atoms with Gasteiger partial charge in [-0.15, -0.1) is 0 Å². The van der Waals surface area contributed by atoms with Crippen molar-refractivity contribution >= 4 is 17.4 Å². The summed E-state index contributed by atoms with van der Waals surface area (Å²) in [4.78, 5) is 0. The lowest BCUT2D eigenvalue weighted by molar-refractivity contribution is 0.968. The SMILES string of the molecule is CCc1ccc(C)c(CC)c1CC.[AlH3]. The molecule has 0 saturated carbocycles. The van der Waals surface area contributed by atoms with Crippen LogP contribution in [0.15, 0.2) is 12.1 Å². The topological polar surface area (TPSA) is 0 Å². The maximum atomic E-state index is 2.29. The Labute approximate surface area is 98.9 Å². The summed E-state index contributed by atoms with van der Waals surface area (Å²) in [7, 11) is 0. The first-order valence-corrected chi connectivity index (χ1v) is 5.34. The highest BCUT2D eigenvalue weighted by molar-refractivity contribution is 5.75. The lowest BCUT2D eigenvalue weighted by Gasteiger charge is -2.13. The Kier molecular flexibility index (Phi) is 6.17. The van der Waals surface area contributed by atoms with Gasteiger partial charge in [0.2, 0.25) is 0 Å². The van der Waals surface area contributed by atoms with Crippen molar-refractivity contribution in [2.75, 3.05) is 0 Å².